The maximum atomic E-state index is 12.9. The van der Waals surface area contributed by atoms with Crippen LogP contribution in [-0.2, 0) is 24.9 Å². The van der Waals surface area contributed by atoms with E-state index in [1.54, 1.807) is 22.5 Å². The molecule has 3 aromatic heterocycles. The Morgan fingerprint density at radius 2 is 2.03 bits per heavy atom. The van der Waals surface area contributed by atoms with Crippen LogP contribution in [0.25, 0.3) is 11.2 Å². The molecule has 1 aliphatic carbocycles. The minimum absolute atomic E-state index is 0.00538. The van der Waals surface area contributed by atoms with Crippen molar-refractivity contribution in [3.63, 3.8) is 0 Å². The first kappa shape index (κ1) is 24.2. The number of imidazole rings is 1. The molecule has 2 unspecified atom stereocenters. The van der Waals surface area contributed by atoms with Crippen LogP contribution in [0.4, 0.5) is 0 Å². The minimum Gasteiger partial charge on any atom is -0.353 e. The summed E-state index contributed by atoms with van der Waals surface area (Å²) in [5.41, 5.74) is 2.60. The lowest BCUT2D eigenvalue weighted by Gasteiger charge is -2.42. The van der Waals surface area contributed by atoms with E-state index in [9.17, 15) is 9.59 Å². The zero-order chi connectivity index (χ0) is 24.7. The number of fused-ring (bicyclic) bond motifs is 1. The predicted octanol–water partition coefficient (Wildman–Crippen LogP) is 3.85. The summed E-state index contributed by atoms with van der Waals surface area (Å²) in [7, 11) is 1.80. The molecule has 1 amide bonds. The molecule has 1 N–H and O–H groups in total. The van der Waals surface area contributed by atoms with Gasteiger partial charge in [0, 0.05) is 56.6 Å². The Labute approximate surface area is 201 Å². The maximum absolute atomic E-state index is 12.9. The van der Waals surface area contributed by atoms with Gasteiger partial charge in [0.25, 0.3) is 0 Å². The van der Waals surface area contributed by atoms with Crippen molar-refractivity contribution < 1.29 is 4.79 Å². The van der Waals surface area contributed by atoms with Crippen molar-refractivity contribution in [2.75, 3.05) is 0 Å². The fraction of sp³-hybridized carbons (Fsp3) is 0.615. The van der Waals surface area contributed by atoms with Gasteiger partial charge >= 0.3 is 5.69 Å². The van der Waals surface area contributed by atoms with E-state index >= 15 is 0 Å². The Morgan fingerprint density at radius 1 is 1.26 bits per heavy atom. The van der Waals surface area contributed by atoms with E-state index < -0.39 is 0 Å². The molecule has 0 bridgehead atoms. The van der Waals surface area contributed by atoms with Crippen LogP contribution >= 0.6 is 0 Å². The number of carbonyl (C=O) groups excluding carboxylic acids is 1. The van der Waals surface area contributed by atoms with Crippen molar-refractivity contribution in [1.82, 2.24) is 29.2 Å². The highest BCUT2D eigenvalue weighted by Crippen LogP contribution is 2.42. The standard InChI is InChI=1S/C26H38N6O2/c1-25(2,3)17-32-20-9-8-19(28-23(20)30(6)24(32)34)18-10-12-26(4,5)21(16-18)29-22(33)11-15-31-14-7-13-27-31/h7-9,13-14,18,21H,10-12,15-17H2,1-6H3,(H,29,33). The van der Waals surface area contributed by atoms with Crippen molar-refractivity contribution in [3.8, 4) is 0 Å². The number of pyridine rings is 1. The summed E-state index contributed by atoms with van der Waals surface area (Å²) in [6, 6.07) is 6.05. The number of amides is 1. The highest BCUT2D eigenvalue weighted by molar-refractivity contribution is 5.76. The van der Waals surface area contributed by atoms with Gasteiger partial charge in [-0.15, -0.1) is 0 Å². The molecule has 0 spiro atoms. The van der Waals surface area contributed by atoms with Gasteiger partial charge in [-0.1, -0.05) is 34.6 Å². The zero-order valence-corrected chi connectivity index (χ0v) is 21.3. The second kappa shape index (κ2) is 9.04. The molecule has 3 heterocycles. The molecule has 1 aliphatic rings. The molecular weight excluding hydrogens is 428 g/mol. The molecule has 0 aliphatic heterocycles. The van der Waals surface area contributed by atoms with E-state index in [2.05, 4.69) is 51.1 Å². The molecule has 0 aromatic carbocycles. The average molecular weight is 467 g/mol. The van der Waals surface area contributed by atoms with E-state index in [1.165, 1.54) is 0 Å². The number of nitrogens with zero attached hydrogens (tertiary/aromatic N) is 5. The fourth-order valence-electron chi connectivity index (χ4n) is 5.02. The molecule has 184 valence electrons. The fourth-order valence-corrected chi connectivity index (χ4v) is 5.02. The van der Waals surface area contributed by atoms with Gasteiger partial charge in [0.1, 0.15) is 0 Å². The lowest BCUT2D eigenvalue weighted by atomic mass is 9.68. The molecule has 1 saturated carbocycles. The Balaban J connectivity index is 1.52. The van der Waals surface area contributed by atoms with Crippen LogP contribution in [-0.4, -0.2) is 35.8 Å². The Bertz CT molecular complexity index is 1210. The summed E-state index contributed by atoms with van der Waals surface area (Å²) >= 11 is 0. The largest absolute Gasteiger partial charge is 0.353 e. The molecular formula is C26H38N6O2. The second-order valence-electron chi connectivity index (χ2n) is 11.7. The summed E-state index contributed by atoms with van der Waals surface area (Å²) in [5.74, 6) is 0.300. The lowest BCUT2D eigenvalue weighted by molar-refractivity contribution is -0.123. The van der Waals surface area contributed by atoms with Crippen molar-refractivity contribution in [3.05, 3.63) is 46.8 Å². The summed E-state index contributed by atoms with van der Waals surface area (Å²) in [6.45, 7) is 12.1. The minimum atomic E-state index is -0.0262. The molecule has 8 nitrogen and oxygen atoms in total. The SMILES string of the molecule is Cn1c(=O)n(CC(C)(C)C)c2ccc(C3CCC(C)(C)C(NC(=O)CCn4cccn4)C3)nc21. The van der Waals surface area contributed by atoms with Crippen LogP contribution < -0.4 is 11.0 Å². The maximum Gasteiger partial charge on any atom is 0.330 e. The third kappa shape index (κ3) is 5.10. The van der Waals surface area contributed by atoms with Crippen LogP contribution in [0.3, 0.4) is 0 Å². The topological polar surface area (TPSA) is 86.7 Å². The van der Waals surface area contributed by atoms with Crippen LogP contribution in [0.1, 0.15) is 71.9 Å². The normalized spacial score (nSPS) is 20.5. The van der Waals surface area contributed by atoms with Crippen molar-refractivity contribution in [2.45, 2.75) is 85.4 Å². The van der Waals surface area contributed by atoms with E-state index in [1.807, 2.05) is 22.9 Å². The molecule has 8 heteroatoms. The molecule has 34 heavy (non-hydrogen) atoms. The molecule has 1 fully saturated rings. The Morgan fingerprint density at radius 3 is 2.71 bits per heavy atom. The number of aromatic nitrogens is 5. The second-order valence-corrected chi connectivity index (χ2v) is 11.7. The highest BCUT2D eigenvalue weighted by Gasteiger charge is 2.38. The number of nitrogens with one attached hydrogen (secondary N) is 1. The van der Waals surface area contributed by atoms with Gasteiger partial charge < -0.3 is 5.32 Å². The predicted molar refractivity (Wildman–Crippen MR) is 134 cm³/mol. The van der Waals surface area contributed by atoms with Gasteiger partial charge in [0.05, 0.1) is 5.52 Å². The molecule has 4 rings (SSSR count). The van der Waals surface area contributed by atoms with E-state index in [4.69, 9.17) is 4.98 Å². The van der Waals surface area contributed by atoms with E-state index in [-0.39, 0.29) is 34.4 Å². The zero-order valence-electron chi connectivity index (χ0n) is 21.3. The number of rotatable bonds is 6. The van der Waals surface area contributed by atoms with Gasteiger partial charge in [-0.3, -0.25) is 18.6 Å². The van der Waals surface area contributed by atoms with Crippen molar-refractivity contribution in [1.29, 1.82) is 0 Å². The van der Waals surface area contributed by atoms with Gasteiger partial charge in [-0.05, 0) is 48.3 Å². The third-order valence-corrected chi connectivity index (χ3v) is 7.12. The Kier molecular flexibility index (Phi) is 6.44. The summed E-state index contributed by atoms with van der Waals surface area (Å²) in [5, 5.41) is 7.47. The van der Waals surface area contributed by atoms with Crippen molar-refractivity contribution in [2.24, 2.45) is 17.9 Å². The quantitative estimate of drug-likeness (QED) is 0.598. The van der Waals surface area contributed by atoms with Crippen LogP contribution in [0.2, 0.25) is 0 Å². The number of carbonyl (C=O) groups is 1. The number of aryl methyl sites for hydroxylation is 2. The van der Waals surface area contributed by atoms with Crippen LogP contribution in [0.15, 0.2) is 35.4 Å². The average Bonchev–Trinajstić information content (AvgIpc) is 3.36. The monoisotopic (exact) mass is 466 g/mol. The lowest BCUT2D eigenvalue weighted by Crippen LogP contribution is -2.48. The first-order valence-electron chi connectivity index (χ1n) is 12.3. The summed E-state index contributed by atoms with van der Waals surface area (Å²) < 4.78 is 5.27. The highest BCUT2D eigenvalue weighted by atomic mass is 16.2. The molecule has 0 radical (unpaired) electrons. The first-order valence-corrected chi connectivity index (χ1v) is 12.3. The van der Waals surface area contributed by atoms with Gasteiger partial charge in [-0.25, -0.2) is 9.78 Å². The first-order chi connectivity index (χ1) is 15.9. The van der Waals surface area contributed by atoms with Gasteiger partial charge in [0.2, 0.25) is 5.91 Å². The van der Waals surface area contributed by atoms with Crippen LogP contribution in [0.5, 0.6) is 0 Å². The smallest absolute Gasteiger partial charge is 0.330 e. The van der Waals surface area contributed by atoms with E-state index in [0.717, 1.165) is 36.1 Å². The van der Waals surface area contributed by atoms with Gasteiger partial charge in [0.15, 0.2) is 5.65 Å². The summed E-state index contributed by atoms with van der Waals surface area (Å²) in [6.07, 6.45) is 6.87. The summed E-state index contributed by atoms with van der Waals surface area (Å²) in [4.78, 5) is 30.6. The van der Waals surface area contributed by atoms with Gasteiger partial charge in [-0.2, -0.15) is 5.10 Å². The molecule has 3 aromatic rings. The number of hydrogen-bond donors (Lipinski definition) is 1. The third-order valence-electron chi connectivity index (χ3n) is 7.12. The Hall–Kier alpha value is -2.90. The molecule has 0 saturated heterocycles. The van der Waals surface area contributed by atoms with Crippen LogP contribution in [0, 0.1) is 10.8 Å². The van der Waals surface area contributed by atoms with E-state index in [0.29, 0.717) is 19.5 Å². The molecule has 2 atom stereocenters. The number of hydrogen-bond acceptors (Lipinski definition) is 4. The van der Waals surface area contributed by atoms with Crippen molar-refractivity contribution >= 4 is 17.1 Å².